The fraction of sp³-hybridized carbons (Fsp3) is 0.100. The van der Waals surface area contributed by atoms with E-state index in [0.717, 1.165) is 20.8 Å². The molecule has 1 aromatic carbocycles. The molecule has 1 aromatic rings. The number of hydrogen-bond acceptors (Lipinski definition) is 1. The first kappa shape index (κ1) is 10.2. The highest BCUT2D eigenvalue weighted by Gasteiger charge is 1.95. The molecular weight excluding hydrogens is 279 g/mol. The average Bonchev–Trinajstić information content (AvgIpc) is 2.02. The Morgan fingerprint density at radius 3 is 2.77 bits per heavy atom. The van der Waals surface area contributed by atoms with Gasteiger partial charge in [0, 0.05) is 9.65 Å². The summed E-state index contributed by atoms with van der Waals surface area (Å²) in [6.07, 6.45) is 2.75. The number of aryl methyl sites for hydroxylation is 1. The molecule has 0 radical (unpaired) electrons. The van der Waals surface area contributed by atoms with Crippen molar-refractivity contribution < 1.29 is 9.90 Å². The Morgan fingerprint density at radius 2 is 2.23 bits per heavy atom. The van der Waals surface area contributed by atoms with Gasteiger partial charge in [0.1, 0.15) is 0 Å². The van der Waals surface area contributed by atoms with Crippen LogP contribution >= 0.6 is 22.6 Å². The van der Waals surface area contributed by atoms with Crippen molar-refractivity contribution in [3.8, 4) is 0 Å². The third kappa shape index (κ3) is 3.18. The van der Waals surface area contributed by atoms with Crippen LogP contribution in [0.3, 0.4) is 0 Å². The molecule has 0 aliphatic carbocycles. The largest absolute Gasteiger partial charge is 0.478 e. The molecule has 68 valence electrons. The summed E-state index contributed by atoms with van der Waals surface area (Å²) in [7, 11) is 0. The van der Waals surface area contributed by atoms with Crippen molar-refractivity contribution >= 4 is 34.6 Å². The second-order valence-corrected chi connectivity index (χ2v) is 3.92. The van der Waals surface area contributed by atoms with Crippen molar-refractivity contribution in [1.82, 2.24) is 0 Å². The van der Waals surface area contributed by atoms with E-state index in [9.17, 15) is 4.79 Å². The lowest BCUT2D eigenvalue weighted by atomic mass is 10.1. The normalized spacial score (nSPS) is 10.6. The predicted octanol–water partition coefficient (Wildman–Crippen LogP) is 2.70. The summed E-state index contributed by atoms with van der Waals surface area (Å²) >= 11 is 2.22. The lowest BCUT2D eigenvalue weighted by Gasteiger charge is -1.99. The highest BCUT2D eigenvalue weighted by atomic mass is 127. The monoisotopic (exact) mass is 288 g/mol. The van der Waals surface area contributed by atoms with E-state index in [2.05, 4.69) is 22.6 Å². The number of hydrogen-bond donors (Lipinski definition) is 1. The van der Waals surface area contributed by atoms with E-state index in [4.69, 9.17) is 5.11 Å². The second-order valence-electron chi connectivity index (χ2n) is 2.67. The predicted molar refractivity (Wildman–Crippen MR) is 60.6 cm³/mol. The first-order valence-electron chi connectivity index (χ1n) is 3.77. The molecule has 0 atom stereocenters. The van der Waals surface area contributed by atoms with Crippen LogP contribution in [0.1, 0.15) is 11.1 Å². The fourth-order valence-corrected chi connectivity index (χ4v) is 1.63. The van der Waals surface area contributed by atoms with Gasteiger partial charge in [-0.2, -0.15) is 0 Å². The first-order valence-corrected chi connectivity index (χ1v) is 4.84. The first-order chi connectivity index (χ1) is 6.09. The van der Waals surface area contributed by atoms with E-state index in [1.807, 2.05) is 25.1 Å². The maximum absolute atomic E-state index is 10.3. The highest BCUT2D eigenvalue weighted by molar-refractivity contribution is 14.1. The molecule has 0 saturated heterocycles. The van der Waals surface area contributed by atoms with Crippen LogP contribution in [0.2, 0.25) is 0 Å². The number of carbonyl (C=O) groups is 1. The van der Waals surface area contributed by atoms with Gasteiger partial charge in [0.25, 0.3) is 0 Å². The molecule has 0 amide bonds. The van der Waals surface area contributed by atoms with Crippen molar-refractivity contribution in [3.05, 3.63) is 39.0 Å². The lowest BCUT2D eigenvalue weighted by Crippen LogP contribution is -1.87. The number of carboxylic acid groups (broad SMARTS) is 1. The van der Waals surface area contributed by atoms with Crippen LogP contribution in [0.15, 0.2) is 24.3 Å². The summed E-state index contributed by atoms with van der Waals surface area (Å²) in [5.74, 6) is -0.919. The van der Waals surface area contributed by atoms with Crippen LogP contribution < -0.4 is 0 Å². The van der Waals surface area contributed by atoms with Crippen molar-refractivity contribution in [2.24, 2.45) is 0 Å². The van der Waals surface area contributed by atoms with E-state index in [1.165, 1.54) is 0 Å². The molecule has 0 bridgehead atoms. The van der Waals surface area contributed by atoms with Crippen molar-refractivity contribution in [2.75, 3.05) is 0 Å². The number of rotatable bonds is 2. The molecule has 2 nitrogen and oxygen atoms in total. The van der Waals surface area contributed by atoms with Crippen LogP contribution in [-0.2, 0) is 4.79 Å². The van der Waals surface area contributed by atoms with E-state index in [-0.39, 0.29) is 0 Å². The van der Waals surface area contributed by atoms with E-state index >= 15 is 0 Å². The van der Waals surface area contributed by atoms with Gasteiger partial charge < -0.3 is 5.11 Å². The summed E-state index contributed by atoms with van der Waals surface area (Å²) in [5.41, 5.74) is 2.03. The van der Waals surface area contributed by atoms with Crippen molar-refractivity contribution in [3.63, 3.8) is 0 Å². The van der Waals surface area contributed by atoms with Crippen LogP contribution in [0.4, 0.5) is 0 Å². The number of aliphatic carboxylic acids is 1. The van der Waals surface area contributed by atoms with Crippen LogP contribution in [0.5, 0.6) is 0 Å². The molecule has 0 aromatic heterocycles. The number of benzene rings is 1. The van der Waals surface area contributed by atoms with Crippen LogP contribution in [0, 0.1) is 10.5 Å². The minimum absolute atomic E-state index is 0.919. The van der Waals surface area contributed by atoms with Crippen LogP contribution in [0.25, 0.3) is 6.08 Å². The van der Waals surface area contributed by atoms with E-state index < -0.39 is 5.97 Å². The smallest absolute Gasteiger partial charge is 0.328 e. The Balaban J connectivity index is 2.96. The summed E-state index contributed by atoms with van der Waals surface area (Å²) in [5, 5.41) is 8.43. The third-order valence-corrected chi connectivity index (χ3v) is 2.31. The zero-order valence-electron chi connectivity index (χ0n) is 7.12. The maximum atomic E-state index is 10.3. The SMILES string of the molecule is Cc1cc(I)ccc1/C=C/C(=O)O. The lowest BCUT2D eigenvalue weighted by molar-refractivity contribution is -0.131. The molecule has 13 heavy (non-hydrogen) atoms. The molecule has 0 heterocycles. The minimum atomic E-state index is -0.919. The van der Waals surface area contributed by atoms with Gasteiger partial charge >= 0.3 is 5.97 Å². The Labute approximate surface area is 90.4 Å². The van der Waals surface area contributed by atoms with Gasteiger partial charge in [0.2, 0.25) is 0 Å². The van der Waals surface area contributed by atoms with Crippen LogP contribution in [-0.4, -0.2) is 11.1 Å². The zero-order valence-corrected chi connectivity index (χ0v) is 9.28. The fourth-order valence-electron chi connectivity index (χ4n) is 0.987. The maximum Gasteiger partial charge on any atom is 0.328 e. The standard InChI is InChI=1S/C10H9IO2/c1-7-6-9(11)4-2-8(7)3-5-10(12)13/h2-6H,1H3,(H,12,13)/b5-3+. The quantitative estimate of drug-likeness (QED) is 0.671. The van der Waals surface area contributed by atoms with Gasteiger partial charge in [0.15, 0.2) is 0 Å². The Hall–Kier alpha value is -0.840. The molecule has 0 fully saturated rings. The summed E-state index contributed by atoms with van der Waals surface area (Å²) in [4.78, 5) is 10.3. The topological polar surface area (TPSA) is 37.3 Å². The summed E-state index contributed by atoms with van der Waals surface area (Å²) < 4.78 is 1.16. The molecule has 1 N–H and O–H groups in total. The molecular formula is C10H9IO2. The third-order valence-electron chi connectivity index (χ3n) is 1.64. The Bertz CT molecular complexity index is 356. The van der Waals surface area contributed by atoms with Gasteiger partial charge in [0.05, 0.1) is 0 Å². The Kier molecular flexibility index (Phi) is 3.48. The molecule has 0 aliphatic heterocycles. The van der Waals surface area contributed by atoms with Gasteiger partial charge in [-0.3, -0.25) is 0 Å². The molecule has 1 rings (SSSR count). The van der Waals surface area contributed by atoms with Gasteiger partial charge in [-0.15, -0.1) is 0 Å². The zero-order chi connectivity index (χ0) is 9.84. The molecule has 0 aliphatic rings. The Morgan fingerprint density at radius 1 is 1.54 bits per heavy atom. The molecule has 0 saturated carbocycles. The second kappa shape index (κ2) is 4.41. The summed E-state index contributed by atoms with van der Waals surface area (Å²) in [6.45, 7) is 1.96. The average molecular weight is 288 g/mol. The van der Waals surface area contributed by atoms with Crippen molar-refractivity contribution in [1.29, 1.82) is 0 Å². The van der Waals surface area contributed by atoms with Gasteiger partial charge in [-0.1, -0.05) is 6.07 Å². The van der Waals surface area contributed by atoms with Crippen molar-refractivity contribution in [2.45, 2.75) is 6.92 Å². The molecule has 0 spiro atoms. The van der Waals surface area contributed by atoms with E-state index in [0.29, 0.717) is 0 Å². The minimum Gasteiger partial charge on any atom is -0.478 e. The molecule has 0 unspecified atom stereocenters. The van der Waals surface area contributed by atoms with Gasteiger partial charge in [-0.25, -0.2) is 4.79 Å². The van der Waals surface area contributed by atoms with Gasteiger partial charge in [-0.05, 0) is 58.9 Å². The highest BCUT2D eigenvalue weighted by Crippen LogP contribution is 2.13. The summed E-state index contributed by atoms with van der Waals surface area (Å²) in [6, 6.07) is 5.88. The molecule has 3 heteroatoms. The number of carboxylic acids is 1. The van der Waals surface area contributed by atoms with E-state index in [1.54, 1.807) is 6.08 Å². The number of halogens is 1.